The summed E-state index contributed by atoms with van der Waals surface area (Å²) in [6, 6.07) is 0. The Balaban J connectivity index is 2.99. The van der Waals surface area contributed by atoms with Crippen molar-refractivity contribution in [2.24, 2.45) is 5.92 Å². The molecule has 0 aliphatic rings. The molecule has 0 amide bonds. The van der Waals surface area contributed by atoms with Crippen LogP contribution in [0, 0.1) is 5.92 Å². The molecule has 0 atom stereocenters. The smallest absolute Gasteiger partial charge is 0.0550 e. The third-order valence-corrected chi connectivity index (χ3v) is 1.44. The molecular weight excluding hydrogens is 86.1 g/mol. The van der Waals surface area contributed by atoms with E-state index in [1.165, 1.54) is 12.8 Å². The summed E-state index contributed by atoms with van der Waals surface area (Å²) in [5.74, 6) is 0.653. The minimum Gasteiger partial charge on any atom is -0.677 e. The van der Waals surface area contributed by atoms with E-state index in [9.17, 15) is 0 Å². The first kappa shape index (κ1) is 6.96. The Morgan fingerprint density at radius 1 is 1.29 bits per heavy atom. The Kier molecular flexibility index (Phi) is 4.10. The van der Waals surface area contributed by atoms with Gasteiger partial charge in [-0.25, -0.2) is 0 Å². The molecule has 0 aromatic carbocycles. The van der Waals surface area contributed by atoms with Gasteiger partial charge in [-0.3, -0.25) is 0 Å². The fraction of sp³-hybridized carbons (Fsp3) is 1.00. The van der Waals surface area contributed by atoms with Crippen LogP contribution in [-0.4, -0.2) is 6.54 Å². The molecule has 1 N–H and O–H groups in total. The normalized spacial score (nSPS) is 10.3. The van der Waals surface area contributed by atoms with E-state index >= 15 is 0 Å². The van der Waals surface area contributed by atoms with Crippen LogP contribution in [0.3, 0.4) is 0 Å². The van der Waals surface area contributed by atoms with Crippen LogP contribution in [-0.2, 0) is 0 Å². The highest BCUT2D eigenvalue weighted by Crippen LogP contribution is 2.05. The molecule has 0 aromatic rings. The maximum Gasteiger partial charge on any atom is -0.0550 e. The lowest BCUT2D eigenvalue weighted by Gasteiger charge is -2.12. The number of hydrogen-bond acceptors (Lipinski definition) is 0. The lowest BCUT2D eigenvalue weighted by atomic mass is 10.0. The van der Waals surface area contributed by atoms with Crippen molar-refractivity contribution >= 4 is 0 Å². The number of rotatable bonds is 3. The van der Waals surface area contributed by atoms with Gasteiger partial charge in [-0.15, -0.1) is 6.54 Å². The van der Waals surface area contributed by atoms with Gasteiger partial charge in [-0.2, -0.15) is 0 Å². The molecule has 0 saturated heterocycles. The van der Waals surface area contributed by atoms with Crippen molar-refractivity contribution in [2.75, 3.05) is 6.54 Å². The van der Waals surface area contributed by atoms with Crippen molar-refractivity contribution in [2.45, 2.75) is 26.7 Å². The molecule has 0 aromatic heterocycles. The zero-order chi connectivity index (χ0) is 5.70. The van der Waals surface area contributed by atoms with Gasteiger partial charge >= 0.3 is 0 Å². The van der Waals surface area contributed by atoms with Crippen LogP contribution in [0.1, 0.15) is 26.7 Å². The first-order chi connectivity index (χ1) is 3.35. The van der Waals surface area contributed by atoms with Crippen molar-refractivity contribution in [1.82, 2.24) is 0 Å². The van der Waals surface area contributed by atoms with Crippen LogP contribution in [0.4, 0.5) is 0 Å². The molecule has 0 rings (SSSR count). The second-order valence-corrected chi connectivity index (χ2v) is 1.89. The molecule has 0 bridgehead atoms. The molecular formula is C6H14N-. The summed E-state index contributed by atoms with van der Waals surface area (Å²) in [4.78, 5) is 0. The Morgan fingerprint density at radius 3 is 1.71 bits per heavy atom. The summed E-state index contributed by atoms with van der Waals surface area (Å²) in [7, 11) is 0. The molecule has 0 heterocycles. The molecule has 0 aliphatic heterocycles. The zero-order valence-corrected chi connectivity index (χ0v) is 5.20. The summed E-state index contributed by atoms with van der Waals surface area (Å²) < 4.78 is 0. The maximum absolute atomic E-state index is 6.96. The van der Waals surface area contributed by atoms with Gasteiger partial charge in [0.15, 0.2) is 0 Å². The van der Waals surface area contributed by atoms with Gasteiger partial charge in [-0.1, -0.05) is 32.6 Å². The summed E-state index contributed by atoms with van der Waals surface area (Å²) in [5.41, 5.74) is 6.96. The fourth-order valence-corrected chi connectivity index (χ4v) is 0.577. The number of hydrogen-bond donors (Lipinski definition) is 0. The van der Waals surface area contributed by atoms with Crippen molar-refractivity contribution in [3.8, 4) is 0 Å². The molecule has 0 fully saturated rings. The van der Waals surface area contributed by atoms with E-state index in [0.29, 0.717) is 12.5 Å². The third-order valence-electron chi connectivity index (χ3n) is 1.44. The Hall–Kier alpha value is -0.0400. The predicted molar refractivity (Wildman–Crippen MR) is 33.3 cm³/mol. The van der Waals surface area contributed by atoms with Gasteiger partial charge in [0.05, 0.1) is 0 Å². The van der Waals surface area contributed by atoms with Crippen molar-refractivity contribution in [3.63, 3.8) is 0 Å². The van der Waals surface area contributed by atoms with E-state index in [4.69, 9.17) is 5.73 Å². The fourth-order valence-electron chi connectivity index (χ4n) is 0.577. The van der Waals surface area contributed by atoms with E-state index < -0.39 is 0 Å². The average Bonchev–Trinajstić information content (AvgIpc) is 1.72. The molecule has 0 aliphatic carbocycles. The molecule has 7 heavy (non-hydrogen) atoms. The Morgan fingerprint density at radius 2 is 1.71 bits per heavy atom. The highest BCUT2D eigenvalue weighted by Gasteiger charge is 1.91. The molecule has 0 unspecified atom stereocenters. The van der Waals surface area contributed by atoms with Crippen molar-refractivity contribution in [3.05, 3.63) is 5.73 Å². The molecule has 0 saturated carbocycles. The van der Waals surface area contributed by atoms with Crippen LogP contribution >= 0.6 is 0 Å². The summed E-state index contributed by atoms with van der Waals surface area (Å²) in [6.07, 6.45) is 2.33. The topological polar surface area (TPSA) is 23.8 Å². The molecule has 0 radical (unpaired) electrons. The standard InChI is InChI=1S/C6H14N/c1-3-6(4-2)5-7/h6-7H,3-5H2,1-2H3/q-1. The van der Waals surface area contributed by atoms with E-state index in [2.05, 4.69) is 13.8 Å². The quantitative estimate of drug-likeness (QED) is 0.520. The van der Waals surface area contributed by atoms with Gasteiger partial charge in [0, 0.05) is 0 Å². The van der Waals surface area contributed by atoms with Crippen LogP contribution in [0.15, 0.2) is 0 Å². The molecule has 44 valence electrons. The SMILES string of the molecule is CCC(CC)C[NH-]. The first-order valence-corrected chi connectivity index (χ1v) is 2.99. The monoisotopic (exact) mass is 100 g/mol. The zero-order valence-electron chi connectivity index (χ0n) is 5.20. The van der Waals surface area contributed by atoms with Crippen molar-refractivity contribution in [1.29, 1.82) is 0 Å². The lowest BCUT2D eigenvalue weighted by molar-refractivity contribution is 0.533. The Labute approximate surface area is 45.9 Å². The lowest BCUT2D eigenvalue weighted by Crippen LogP contribution is -1.97. The highest BCUT2D eigenvalue weighted by molar-refractivity contribution is 4.61. The molecule has 0 spiro atoms. The van der Waals surface area contributed by atoms with Gasteiger partial charge < -0.3 is 5.73 Å². The van der Waals surface area contributed by atoms with Gasteiger partial charge in [0.1, 0.15) is 0 Å². The maximum atomic E-state index is 6.96. The van der Waals surface area contributed by atoms with Gasteiger partial charge in [-0.05, 0) is 0 Å². The van der Waals surface area contributed by atoms with Crippen LogP contribution in [0.2, 0.25) is 0 Å². The van der Waals surface area contributed by atoms with E-state index in [-0.39, 0.29) is 0 Å². The van der Waals surface area contributed by atoms with Crippen LogP contribution < -0.4 is 0 Å². The minimum atomic E-state index is 0.604. The second-order valence-electron chi connectivity index (χ2n) is 1.89. The van der Waals surface area contributed by atoms with Gasteiger partial charge in [0.2, 0.25) is 0 Å². The predicted octanol–water partition coefficient (Wildman–Crippen LogP) is 2.47. The Bertz CT molecular complexity index is 25.7. The van der Waals surface area contributed by atoms with Crippen molar-refractivity contribution < 1.29 is 0 Å². The first-order valence-electron chi connectivity index (χ1n) is 2.99. The third kappa shape index (κ3) is 2.63. The van der Waals surface area contributed by atoms with E-state index in [0.717, 1.165) is 0 Å². The minimum absolute atomic E-state index is 0.604. The molecule has 1 nitrogen and oxygen atoms in total. The van der Waals surface area contributed by atoms with Crippen LogP contribution in [0.25, 0.3) is 5.73 Å². The second kappa shape index (κ2) is 4.13. The van der Waals surface area contributed by atoms with Gasteiger partial charge in [0.25, 0.3) is 0 Å². The highest BCUT2D eigenvalue weighted by atomic mass is 14.5. The summed E-state index contributed by atoms with van der Waals surface area (Å²) in [6.45, 7) is 4.89. The summed E-state index contributed by atoms with van der Waals surface area (Å²) in [5, 5.41) is 0. The summed E-state index contributed by atoms with van der Waals surface area (Å²) >= 11 is 0. The van der Waals surface area contributed by atoms with E-state index in [1.807, 2.05) is 0 Å². The van der Waals surface area contributed by atoms with Crippen LogP contribution in [0.5, 0.6) is 0 Å². The number of nitrogens with one attached hydrogen (secondary N) is 1. The largest absolute Gasteiger partial charge is 0.677 e. The molecule has 1 heteroatoms. The average molecular weight is 100 g/mol. The van der Waals surface area contributed by atoms with E-state index in [1.54, 1.807) is 0 Å².